The van der Waals surface area contributed by atoms with Gasteiger partial charge in [-0.3, -0.25) is 0 Å². The molecule has 0 unspecified atom stereocenters. The van der Waals surface area contributed by atoms with Gasteiger partial charge in [-0.15, -0.1) is 0 Å². The van der Waals surface area contributed by atoms with Crippen LogP contribution in [0, 0.1) is 0 Å². The molecular weight excluding hydrogens is 165 g/mol. The Morgan fingerprint density at radius 1 is 1.15 bits per heavy atom. The molecule has 1 aromatic rings. The summed E-state index contributed by atoms with van der Waals surface area (Å²) in [6.45, 7) is 1.89. The molecule has 72 valence electrons. The lowest BCUT2D eigenvalue weighted by atomic mass is 10.0. The van der Waals surface area contributed by atoms with Crippen molar-refractivity contribution in [3.63, 3.8) is 0 Å². The van der Waals surface area contributed by atoms with Crippen LogP contribution >= 0.6 is 0 Å². The Labute approximate surface area is 79.2 Å². The monoisotopic (exact) mass is 181 g/mol. The van der Waals surface area contributed by atoms with E-state index in [0.29, 0.717) is 0 Å². The van der Waals surface area contributed by atoms with E-state index in [1.807, 2.05) is 56.3 Å². The van der Waals surface area contributed by atoms with Crippen LogP contribution in [0.2, 0.25) is 0 Å². The Balaban J connectivity index is 2.73. The van der Waals surface area contributed by atoms with Crippen LogP contribution in [0.25, 0.3) is 0 Å². The first-order valence-electron chi connectivity index (χ1n) is 4.48. The van der Waals surface area contributed by atoms with Gasteiger partial charge in [-0.1, -0.05) is 30.3 Å². The van der Waals surface area contributed by atoms with Gasteiger partial charge in [-0.05, 0) is 26.6 Å². The average Bonchev–Trinajstić information content (AvgIpc) is 2.17. The van der Waals surface area contributed by atoms with Crippen LogP contribution in [0.4, 0.5) is 4.39 Å². The zero-order valence-electron chi connectivity index (χ0n) is 8.37. The van der Waals surface area contributed by atoms with E-state index in [4.69, 9.17) is 0 Å². The summed E-state index contributed by atoms with van der Waals surface area (Å²) < 4.78 is 13.7. The first-order chi connectivity index (χ1) is 6.13. The van der Waals surface area contributed by atoms with E-state index in [-0.39, 0.29) is 6.04 Å². The smallest absolute Gasteiger partial charge is 0.140 e. The number of hydrogen-bond donors (Lipinski definition) is 0. The van der Waals surface area contributed by atoms with Crippen molar-refractivity contribution in [2.45, 2.75) is 19.1 Å². The number of hydrogen-bond acceptors (Lipinski definition) is 1. The molecule has 0 fully saturated rings. The minimum absolute atomic E-state index is 0.0811. The summed E-state index contributed by atoms with van der Waals surface area (Å²) >= 11 is 0. The number of alkyl halides is 1. The molecule has 0 saturated carbocycles. The number of halogens is 1. The van der Waals surface area contributed by atoms with Gasteiger partial charge in [-0.2, -0.15) is 0 Å². The molecule has 0 aliphatic rings. The molecule has 0 bridgehead atoms. The SMILES string of the molecule is C[C@H]([C@H](F)c1ccccc1)N(C)C. The highest BCUT2D eigenvalue weighted by Gasteiger charge is 2.19. The third kappa shape index (κ3) is 2.52. The Hall–Kier alpha value is -0.890. The molecular formula is C11H16FN. The first-order valence-corrected chi connectivity index (χ1v) is 4.48. The summed E-state index contributed by atoms with van der Waals surface area (Å²) in [5.41, 5.74) is 0.753. The van der Waals surface area contributed by atoms with Crippen LogP contribution in [0.5, 0.6) is 0 Å². The van der Waals surface area contributed by atoms with Gasteiger partial charge in [0.25, 0.3) is 0 Å². The van der Waals surface area contributed by atoms with Crippen LogP contribution in [-0.4, -0.2) is 25.0 Å². The number of benzene rings is 1. The largest absolute Gasteiger partial charge is 0.303 e. The molecule has 0 radical (unpaired) electrons. The van der Waals surface area contributed by atoms with Crippen LogP contribution < -0.4 is 0 Å². The van der Waals surface area contributed by atoms with Crippen molar-refractivity contribution in [2.24, 2.45) is 0 Å². The molecule has 1 rings (SSSR count). The maximum atomic E-state index is 13.7. The van der Waals surface area contributed by atoms with Gasteiger partial charge in [-0.25, -0.2) is 4.39 Å². The van der Waals surface area contributed by atoms with Gasteiger partial charge < -0.3 is 4.90 Å². The van der Waals surface area contributed by atoms with Gasteiger partial charge in [0.2, 0.25) is 0 Å². The third-order valence-electron chi connectivity index (χ3n) is 2.36. The van der Waals surface area contributed by atoms with Crippen LogP contribution in [0.1, 0.15) is 18.7 Å². The molecule has 0 aromatic heterocycles. The lowest BCUT2D eigenvalue weighted by molar-refractivity contribution is 0.174. The van der Waals surface area contributed by atoms with Gasteiger partial charge in [0.05, 0.1) is 0 Å². The van der Waals surface area contributed by atoms with Crippen molar-refractivity contribution >= 4 is 0 Å². The molecule has 1 nitrogen and oxygen atoms in total. The van der Waals surface area contributed by atoms with Crippen molar-refractivity contribution in [1.29, 1.82) is 0 Å². The Morgan fingerprint density at radius 2 is 1.69 bits per heavy atom. The molecule has 2 atom stereocenters. The predicted molar refractivity (Wildman–Crippen MR) is 53.4 cm³/mol. The van der Waals surface area contributed by atoms with Gasteiger partial charge >= 0.3 is 0 Å². The average molecular weight is 181 g/mol. The predicted octanol–water partition coefficient (Wildman–Crippen LogP) is 2.65. The summed E-state index contributed by atoms with van der Waals surface area (Å²) in [5.74, 6) is 0. The Bertz CT molecular complexity index is 246. The molecule has 0 aliphatic carbocycles. The Morgan fingerprint density at radius 3 is 2.15 bits per heavy atom. The molecule has 13 heavy (non-hydrogen) atoms. The summed E-state index contributed by atoms with van der Waals surface area (Å²) in [6.07, 6.45) is -0.906. The lowest BCUT2D eigenvalue weighted by Gasteiger charge is -2.23. The molecule has 1 aromatic carbocycles. The molecule has 0 N–H and O–H groups in total. The number of nitrogens with zero attached hydrogens (tertiary/aromatic N) is 1. The summed E-state index contributed by atoms with van der Waals surface area (Å²) in [4.78, 5) is 1.89. The fourth-order valence-corrected chi connectivity index (χ4v) is 1.18. The van der Waals surface area contributed by atoms with E-state index in [9.17, 15) is 4.39 Å². The first kappa shape index (κ1) is 10.2. The van der Waals surface area contributed by atoms with E-state index in [1.165, 1.54) is 0 Å². The van der Waals surface area contributed by atoms with E-state index in [0.717, 1.165) is 5.56 Å². The normalized spacial score (nSPS) is 15.8. The molecule has 0 aliphatic heterocycles. The molecule has 2 heteroatoms. The summed E-state index contributed by atoms with van der Waals surface area (Å²) in [6, 6.07) is 9.20. The molecule has 0 saturated heterocycles. The van der Waals surface area contributed by atoms with Crippen molar-refractivity contribution in [1.82, 2.24) is 4.90 Å². The zero-order valence-corrected chi connectivity index (χ0v) is 8.37. The van der Waals surface area contributed by atoms with Crippen LogP contribution in [-0.2, 0) is 0 Å². The van der Waals surface area contributed by atoms with Gasteiger partial charge in [0.15, 0.2) is 0 Å². The standard InChI is InChI=1S/C11H16FN/c1-9(13(2)3)11(12)10-7-5-4-6-8-10/h4-9,11H,1-3H3/t9-,11+/m1/s1. The topological polar surface area (TPSA) is 3.24 Å². The fourth-order valence-electron chi connectivity index (χ4n) is 1.18. The highest BCUT2D eigenvalue weighted by molar-refractivity contribution is 5.18. The fraction of sp³-hybridized carbons (Fsp3) is 0.455. The van der Waals surface area contributed by atoms with Gasteiger partial charge in [0.1, 0.15) is 6.17 Å². The second-order valence-electron chi connectivity index (χ2n) is 3.52. The second-order valence-corrected chi connectivity index (χ2v) is 3.52. The Kier molecular flexibility index (Phi) is 3.43. The van der Waals surface area contributed by atoms with Crippen molar-refractivity contribution in [3.8, 4) is 0 Å². The number of likely N-dealkylation sites (N-methyl/N-ethyl adjacent to an activating group) is 1. The number of rotatable bonds is 3. The maximum Gasteiger partial charge on any atom is 0.140 e. The molecule has 0 amide bonds. The van der Waals surface area contributed by atoms with E-state index in [2.05, 4.69) is 0 Å². The van der Waals surface area contributed by atoms with E-state index >= 15 is 0 Å². The van der Waals surface area contributed by atoms with E-state index < -0.39 is 6.17 Å². The maximum absolute atomic E-state index is 13.7. The second kappa shape index (κ2) is 4.38. The van der Waals surface area contributed by atoms with Crippen LogP contribution in [0.15, 0.2) is 30.3 Å². The zero-order chi connectivity index (χ0) is 9.84. The quantitative estimate of drug-likeness (QED) is 0.693. The van der Waals surface area contributed by atoms with E-state index in [1.54, 1.807) is 0 Å². The van der Waals surface area contributed by atoms with Gasteiger partial charge in [0, 0.05) is 6.04 Å². The lowest BCUT2D eigenvalue weighted by Crippen LogP contribution is -2.29. The van der Waals surface area contributed by atoms with Crippen molar-refractivity contribution in [3.05, 3.63) is 35.9 Å². The highest BCUT2D eigenvalue weighted by atomic mass is 19.1. The summed E-state index contributed by atoms with van der Waals surface area (Å²) in [7, 11) is 3.78. The highest BCUT2D eigenvalue weighted by Crippen LogP contribution is 2.22. The minimum Gasteiger partial charge on any atom is -0.303 e. The van der Waals surface area contributed by atoms with Crippen molar-refractivity contribution < 1.29 is 4.39 Å². The molecule has 0 spiro atoms. The third-order valence-corrected chi connectivity index (χ3v) is 2.36. The summed E-state index contributed by atoms with van der Waals surface area (Å²) in [5, 5.41) is 0. The molecule has 0 heterocycles. The van der Waals surface area contributed by atoms with Crippen LogP contribution in [0.3, 0.4) is 0 Å². The minimum atomic E-state index is -0.906. The van der Waals surface area contributed by atoms with Crippen molar-refractivity contribution in [2.75, 3.05) is 14.1 Å².